The largest absolute Gasteiger partial charge is 0.464 e. The Morgan fingerprint density at radius 1 is 1.27 bits per heavy atom. The van der Waals surface area contributed by atoms with E-state index in [1.54, 1.807) is 42.8 Å². The molecule has 1 atom stereocenters. The van der Waals surface area contributed by atoms with Gasteiger partial charge in [0, 0.05) is 29.1 Å². The molecule has 3 heterocycles. The van der Waals surface area contributed by atoms with Crippen LogP contribution in [0.3, 0.4) is 0 Å². The maximum absolute atomic E-state index is 12.3. The third-order valence-electron chi connectivity index (χ3n) is 4.09. The van der Waals surface area contributed by atoms with Gasteiger partial charge in [0.2, 0.25) is 11.8 Å². The van der Waals surface area contributed by atoms with Gasteiger partial charge in [-0.25, -0.2) is 4.98 Å². The fraction of sp³-hybridized carbons (Fsp3) is 0.0526. The minimum atomic E-state index is -0.579. The first kappa shape index (κ1) is 15.8. The normalized spacial score (nSPS) is 15.8. The molecule has 7 heteroatoms. The number of carbonyl (C=O) groups is 2. The highest BCUT2D eigenvalue weighted by molar-refractivity contribution is 6.12. The number of anilines is 1. The number of furan rings is 1. The van der Waals surface area contributed by atoms with Gasteiger partial charge in [0.15, 0.2) is 0 Å². The van der Waals surface area contributed by atoms with E-state index in [0.29, 0.717) is 22.8 Å². The van der Waals surface area contributed by atoms with Crippen LogP contribution in [0.1, 0.15) is 21.8 Å². The number of aromatic nitrogens is 1. The van der Waals surface area contributed by atoms with Gasteiger partial charge in [-0.1, -0.05) is 6.07 Å². The molecule has 26 heavy (non-hydrogen) atoms. The fourth-order valence-electron chi connectivity index (χ4n) is 2.78. The molecule has 1 unspecified atom stereocenters. The number of amides is 2. The standard InChI is InChI=1S/C19H14N4O3/c20-17(24)11-3-1-4-13(7-11)21-10-15-14-8-12(16-5-2-6-26-16)9-22-18(14)23-19(15)25/h1-10,15H,(H2,20,24)(H,22,23,25). The Bertz CT molecular complexity index is 1030. The number of nitrogens with one attached hydrogen (secondary N) is 1. The Morgan fingerprint density at radius 2 is 2.15 bits per heavy atom. The number of primary amides is 1. The molecular weight excluding hydrogens is 332 g/mol. The zero-order chi connectivity index (χ0) is 18.1. The smallest absolute Gasteiger partial charge is 0.248 e. The first-order valence-corrected chi connectivity index (χ1v) is 7.90. The van der Waals surface area contributed by atoms with Gasteiger partial charge < -0.3 is 15.5 Å². The summed E-state index contributed by atoms with van der Waals surface area (Å²) in [5.74, 6) is -0.140. The van der Waals surface area contributed by atoms with Crippen LogP contribution in [-0.2, 0) is 4.79 Å². The lowest BCUT2D eigenvalue weighted by Crippen LogP contribution is -2.13. The van der Waals surface area contributed by atoms with Gasteiger partial charge in [0.25, 0.3) is 0 Å². The molecule has 128 valence electrons. The maximum Gasteiger partial charge on any atom is 0.248 e. The van der Waals surface area contributed by atoms with Gasteiger partial charge in [-0.3, -0.25) is 14.6 Å². The van der Waals surface area contributed by atoms with Crippen molar-refractivity contribution in [3.8, 4) is 11.3 Å². The molecule has 7 nitrogen and oxygen atoms in total. The molecule has 3 N–H and O–H groups in total. The lowest BCUT2D eigenvalue weighted by atomic mass is 10.0. The van der Waals surface area contributed by atoms with E-state index in [2.05, 4.69) is 15.3 Å². The second kappa shape index (κ2) is 6.29. The van der Waals surface area contributed by atoms with E-state index in [9.17, 15) is 9.59 Å². The van der Waals surface area contributed by atoms with Crippen molar-refractivity contribution >= 4 is 29.5 Å². The summed E-state index contributed by atoms with van der Waals surface area (Å²) in [6, 6.07) is 12.1. The van der Waals surface area contributed by atoms with Crippen LogP contribution in [-0.4, -0.2) is 23.0 Å². The van der Waals surface area contributed by atoms with Gasteiger partial charge in [-0.05, 0) is 36.4 Å². The summed E-state index contributed by atoms with van der Waals surface area (Å²) in [5, 5.41) is 2.74. The molecule has 1 aliphatic heterocycles. The highest BCUT2D eigenvalue weighted by atomic mass is 16.3. The average Bonchev–Trinajstić information content (AvgIpc) is 3.27. The van der Waals surface area contributed by atoms with Gasteiger partial charge in [0.05, 0.1) is 12.0 Å². The molecule has 0 spiro atoms. The van der Waals surface area contributed by atoms with Crippen molar-refractivity contribution in [3.05, 3.63) is 66.1 Å². The second-order valence-electron chi connectivity index (χ2n) is 5.80. The number of rotatable bonds is 4. The molecule has 1 aliphatic rings. The van der Waals surface area contributed by atoms with Crippen LogP contribution >= 0.6 is 0 Å². The Morgan fingerprint density at radius 3 is 2.92 bits per heavy atom. The SMILES string of the molecule is NC(=O)c1cccc(N=CC2C(=O)Nc3ncc(-c4ccco4)cc32)c1. The number of hydrogen-bond donors (Lipinski definition) is 2. The number of benzene rings is 1. The van der Waals surface area contributed by atoms with E-state index in [1.165, 1.54) is 6.21 Å². The first-order valence-electron chi connectivity index (χ1n) is 7.90. The molecule has 2 amide bonds. The Hall–Kier alpha value is -3.74. The summed E-state index contributed by atoms with van der Waals surface area (Å²) >= 11 is 0. The van der Waals surface area contributed by atoms with Gasteiger partial charge in [-0.15, -0.1) is 0 Å². The van der Waals surface area contributed by atoms with Gasteiger partial charge >= 0.3 is 0 Å². The number of pyridine rings is 1. The second-order valence-corrected chi connectivity index (χ2v) is 5.80. The van der Waals surface area contributed by atoms with E-state index < -0.39 is 11.8 Å². The number of aliphatic imine (C=N–C) groups is 1. The molecule has 0 fully saturated rings. The van der Waals surface area contributed by atoms with Crippen molar-refractivity contribution in [1.29, 1.82) is 0 Å². The maximum atomic E-state index is 12.3. The zero-order valence-corrected chi connectivity index (χ0v) is 13.5. The summed E-state index contributed by atoms with van der Waals surface area (Å²) in [6.45, 7) is 0. The monoisotopic (exact) mass is 346 g/mol. The summed E-state index contributed by atoms with van der Waals surface area (Å²) < 4.78 is 5.38. The minimum Gasteiger partial charge on any atom is -0.464 e. The predicted molar refractivity (Wildman–Crippen MR) is 96.4 cm³/mol. The zero-order valence-electron chi connectivity index (χ0n) is 13.5. The fourth-order valence-corrected chi connectivity index (χ4v) is 2.78. The van der Waals surface area contributed by atoms with Crippen LogP contribution in [0.4, 0.5) is 11.5 Å². The van der Waals surface area contributed by atoms with Crippen molar-refractivity contribution in [2.45, 2.75) is 5.92 Å². The van der Waals surface area contributed by atoms with Crippen LogP contribution in [0.25, 0.3) is 11.3 Å². The molecule has 3 aromatic rings. The van der Waals surface area contributed by atoms with E-state index in [1.807, 2.05) is 12.1 Å². The summed E-state index contributed by atoms with van der Waals surface area (Å²) in [4.78, 5) is 32.2. The van der Waals surface area contributed by atoms with Crippen molar-refractivity contribution in [1.82, 2.24) is 4.98 Å². The summed E-state index contributed by atoms with van der Waals surface area (Å²) in [7, 11) is 0. The number of carbonyl (C=O) groups excluding carboxylic acids is 2. The molecule has 4 rings (SSSR count). The predicted octanol–water partition coefficient (Wildman–Crippen LogP) is 2.88. The first-order chi connectivity index (χ1) is 12.6. The summed E-state index contributed by atoms with van der Waals surface area (Å²) in [6.07, 6.45) is 4.76. The highest BCUT2D eigenvalue weighted by Gasteiger charge is 2.30. The third kappa shape index (κ3) is 2.86. The Labute approximate surface area is 148 Å². The quantitative estimate of drug-likeness (QED) is 0.708. The molecule has 0 aliphatic carbocycles. The minimum absolute atomic E-state index is 0.209. The van der Waals surface area contributed by atoms with E-state index in [-0.39, 0.29) is 5.91 Å². The average molecular weight is 346 g/mol. The lowest BCUT2D eigenvalue weighted by Gasteiger charge is -2.04. The van der Waals surface area contributed by atoms with Crippen LogP contribution in [0, 0.1) is 0 Å². The topological polar surface area (TPSA) is 111 Å². The van der Waals surface area contributed by atoms with Crippen molar-refractivity contribution in [2.24, 2.45) is 10.7 Å². The van der Waals surface area contributed by atoms with Crippen LogP contribution < -0.4 is 11.1 Å². The molecule has 1 aromatic carbocycles. The van der Waals surface area contributed by atoms with Crippen molar-refractivity contribution in [3.63, 3.8) is 0 Å². The molecule has 0 saturated heterocycles. The Kier molecular flexibility index (Phi) is 3.81. The van der Waals surface area contributed by atoms with Gasteiger partial charge in [-0.2, -0.15) is 0 Å². The van der Waals surface area contributed by atoms with E-state index >= 15 is 0 Å². The number of hydrogen-bond acceptors (Lipinski definition) is 5. The molecule has 0 radical (unpaired) electrons. The molecule has 0 saturated carbocycles. The van der Waals surface area contributed by atoms with Crippen LogP contribution in [0.2, 0.25) is 0 Å². The number of fused-ring (bicyclic) bond motifs is 1. The van der Waals surface area contributed by atoms with Crippen molar-refractivity contribution in [2.75, 3.05) is 5.32 Å². The van der Waals surface area contributed by atoms with Crippen molar-refractivity contribution < 1.29 is 14.0 Å². The van der Waals surface area contributed by atoms with E-state index in [4.69, 9.17) is 10.2 Å². The number of nitrogens with zero attached hydrogens (tertiary/aromatic N) is 2. The van der Waals surface area contributed by atoms with Gasteiger partial charge in [0.1, 0.15) is 17.5 Å². The number of nitrogens with two attached hydrogens (primary N) is 1. The molecular formula is C19H14N4O3. The Balaban J connectivity index is 1.66. The molecule has 0 bridgehead atoms. The summed E-state index contributed by atoms with van der Waals surface area (Å²) in [5.41, 5.74) is 7.67. The van der Waals surface area contributed by atoms with Crippen LogP contribution in [0.5, 0.6) is 0 Å². The van der Waals surface area contributed by atoms with E-state index in [0.717, 1.165) is 11.1 Å². The highest BCUT2D eigenvalue weighted by Crippen LogP contribution is 2.33. The third-order valence-corrected chi connectivity index (χ3v) is 4.09. The molecule has 2 aromatic heterocycles. The van der Waals surface area contributed by atoms with Crippen LogP contribution in [0.15, 0.2) is 64.3 Å². The lowest BCUT2D eigenvalue weighted by molar-refractivity contribution is -0.115.